The van der Waals surface area contributed by atoms with Gasteiger partial charge in [-0.05, 0) is 43.0 Å². The van der Waals surface area contributed by atoms with Gasteiger partial charge < -0.3 is 4.90 Å². The van der Waals surface area contributed by atoms with E-state index in [9.17, 15) is 5.26 Å². The summed E-state index contributed by atoms with van der Waals surface area (Å²) in [4.78, 5) is 7.20. The molecule has 23 heavy (non-hydrogen) atoms. The number of amidine groups is 1. The second-order valence-electron chi connectivity index (χ2n) is 6.13. The molecule has 0 spiro atoms. The summed E-state index contributed by atoms with van der Waals surface area (Å²) in [7, 11) is 0. The molecule has 3 nitrogen and oxygen atoms in total. The lowest BCUT2D eigenvalue weighted by Gasteiger charge is -2.19. The molecule has 0 radical (unpaired) electrons. The molecule has 1 aliphatic heterocycles. The van der Waals surface area contributed by atoms with Gasteiger partial charge in [0.15, 0.2) is 0 Å². The zero-order chi connectivity index (χ0) is 16.2. The highest BCUT2D eigenvalue weighted by Crippen LogP contribution is 2.28. The van der Waals surface area contributed by atoms with Crippen molar-refractivity contribution in [2.45, 2.75) is 33.2 Å². The van der Waals surface area contributed by atoms with Gasteiger partial charge in [-0.3, -0.25) is 0 Å². The van der Waals surface area contributed by atoms with Crippen LogP contribution in [0.15, 0.2) is 47.5 Å². The molecule has 0 aliphatic carbocycles. The largest absolute Gasteiger partial charge is 0.356 e. The number of nitriles is 1. The number of likely N-dealkylation sites (tertiary alicyclic amines) is 1. The minimum atomic E-state index is 0.668. The van der Waals surface area contributed by atoms with Gasteiger partial charge in [-0.15, -0.1) is 0 Å². The third kappa shape index (κ3) is 3.43. The van der Waals surface area contributed by atoms with Crippen LogP contribution in [0.4, 0.5) is 5.69 Å². The van der Waals surface area contributed by atoms with Crippen LogP contribution in [-0.4, -0.2) is 17.3 Å². The number of hydrogen-bond acceptors (Lipinski definition) is 2. The number of benzene rings is 2. The molecule has 0 N–H and O–H groups in total. The molecule has 3 heteroatoms. The maximum absolute atomic E-state index is 9.41. The van der Waals surface area contributed by atoms with Gasteiger partial charge in [0.25, 0.3) is 0 Å². The molecule has 0 aromatic heterocycles. The molecule has 116 valence electrons. The van der Waals surface area contributed by atoms with Gasteiger partial charge in [-0.25, -0.2) is 4.99 Å². The normalized spacial score (nSPS) is 15.9. The van der Waals surface area contributed by atoms with E-state index in [0.717, 1.165) is 48.6 Å². The minimum absolute atomic E-state index is 0.668. The Morgan fingerprint density at radius 1 is 1.17 bits per heavy atom. The fraction of sp³-hybridized carbons (Fsp3) is 0.300. The highest BCUT2D eigenvalue weighted by atomic mass is 15.2. The van der Waals surface area contributed by atoms with Crippen LogP contribution in [0.2, 0.25) is 0 Å². The molecule has 0 saturated carbocycles. The molecule has 1 saturated heterocycles. The number of rotatable bonds is 3. The van der Waals surface area contributed by atoms with E-state index in [4.69, 9.17) is 4.99 Å². The highest BCUT2D eigenvalue weighted by Gasteiger charge is 2.19. The van der Waals surface area contributed by atoms with Crippen molar-refractivity contribution in [3.63, 3.8) is 0 Å². The first-order chi connectivity index (χ1) is 11.2. The lowest BCUT2D eigenvalue weighted by atomic mass is 10.1. The maximum Gasteiger partial charge on any atom is 0.105 e. The summed E-state index contributed by atoms with van der Waals surface area (Å²) in [5.74, 6) is 1.09. The Morgan fingerprint density at radius 3 is 2.70 bits per heavy atom. The summed E-state index contributed by atoms with van der Waals surface area (Å²) in [5.41, 5.74) is 4.97. The van der Waals surface area contributed by atoms with Crippen LogP contribution in [-0.2, 0) is 6.54 Å². The standard InChI is InChI=1S/C20H21N3/c1-15-11-16(2)20(18(12-15)13-21)22-19-9-6-10-23(19)14-17-7-4-3-5-8-17/h3-5,7-8,11-12H,6,9-10,14H2,1-2H3. The van der Waals surface area contributed by atoms with E-state index >= 15 is 0 Å². The first kappa shape index (κ1) is 15.3. The Labute approximate surface area is 137 Å². The van der Waals surface area contributed by atoms with Gasteiger partial charge in [-0.1, -0.05) is 36.4 Å². The van der Waals surface area contributed by atoms with Gasteiger partial charge in [-0.2, -0.15) is 5.26 Å². The SMILES string of the molecule is Cc1cc(C)c(N=C2CCCN2Cc2ccccc2)c(C#N)c1. The summed E-state index contributed by atoms with van der Waals surface area (Å²) >= 11 is 0. The Morgan fingerprint density at radius 2 is 1.96 bits per heavy atom. The molecule has 1 heterocycles. The van der Waals surface area contributed by atoms with E-state index in [0.29, 0.717) is 5.56 Å². The van der Waals surface area contributed by atoms with E-state index in [2.05, 4.69) is 41.3 Å². The van der Waals surface area contributed by atoms with E-state index in [1.807, 2.05) is 26.0 Å². The van der Waals surface area contributed by atoms with Crippen molar-refractivity contribution in [1.29, 1.82) is 5.26 Å². The van der Waals surface area contributed by atoms with Crippen LogP contribution >= 0.6 is 0 Å². The summed E-state index contributed by atoms with van der Waals surface area (Å²) in [6, 6.07) is 16.8. The Kier molecular flexibility index (Phi) is 4.43. The summed E-state index contributed by atoms with van der Waals surface area (Å²) in [5, 5.41) is 9.41. The Hall–Kier alpha value is -2.60. The van der Waals surface area contributed by atoms with Crippen LogP contribution in [0.25, 0.3) is 0 Å². The van der Waals surface area contributed by atoms with Crippen molar-refractivity contribution in [2.24, 2.45) is 4.99 Å². The summed E-state index contributed by atoms with van der Waals surface area (Å²) in [6.07, 6.45) is 2.10. The quantitative estimate of drug-likeness (QED) is 0.837. The van der Waals surface area contributed by atoms with Gasteiger partial charge in [0, 0.05) is 19.5 Å². The molecule has 0 unspecified atom stereocenters. The molecule has 3 rings (SSSR count). The third-order valence-corrected chi connectivity index (χ3v) is 4.22. The molecule has 0 bridgehead atoms. The van der Waals surface area contributed by atoms with Crippen molar-refractivity contribution in [1.82, 2.24) is 4.90 Å². The van der Waals surface area contributed by atoms with Crippen LogP contribution < -0.4 is 0 Å². The van der Waals surface area contributed by atoms with Crippen LogP contribution in [0.1, 0.15) is 35.1 Å². The maximum atomic E-state index is 9.41. The van der Waals surface area contributed by atoms with E-state index in [1.165, 1.54) is 5.56 Å². The van der Waals surface area contributed by atoms with Crippen LogP contribution in [0.5, 0.6) is 0 Å². The lowest BCUT2D eigenvalue weighted by Crippen LogP contribution is -2.24. The summed E-state index contributed by atoms with van der Waals surface area (Å²) in [6.45, 7) is 5.96. The second-order valence-corrected chi connectivity index (χ2v) is 6.13. The highest BCUT2D eigenvalue weighted by molar-refractivity contribution is 5.87. The van der Waals surface area contributed by atoms with Crippen molar-refractivity contribution in [3.05, 3.63) is 64.7 Å². The van der Waals surface area contributed by atoms with E-state index in [-0.39, 0.29) is 0 Å². The molecule has 0 atom stereocenters. The first-order valence-electron chi connectivity index (χ1n) is 8.05. The molecular weight excluding hydrogens is 282 g/mol. The Bertz CT molecular complexity index is 769. The molecule has 2 aromatic rings. The Balaban J connectivity index is 1.91. The molecule has 1 fully saturated rings. The van der Waals surface area contributed by atoms with Crippen molar-refractivity contribution in [2.75, 3.05) is 6.54 Å². The number of hydrogen-bond donors (Lipinski definition) is 0. The van der Waals surface area contributed by atoms with Gasteiger partial charge in [0.1, 0.15) is 11.9 Å². The predicted octanol–water partition coefficient (Wildman–Crippen LogP) is 4.50. The van der Waals surface area contributed by atoms with Gasteiger partial charge in [0.2, 0.25) is 0 Å². The third-order valence-electron chi connectivity index (χ3n) is 4.22. The van der Waals surface area contributed by atoms with Crippen LogP contribution in [0, 0.1) is 25.2 Å². The predicted molar refractivity (Wildman–Crippen MR) is 93.8 cm³/mol. The topological polar surface area (TPSA) is 39.4 Å². The van der Waals surface area contributed by atoms with Crippen molar-refractivity contribution < 1.29 is 0 Å². The number of aliphatic imine (C=N–C) groups is 1. The second kappa shape index (κ2) is 6.66. The summed E-state index contributed by atoms with van der Waals surface area (Å²) < 4.78 is 0. The van der Waals surface area contributed by atoms with Crippen molar-refractivity contribution >= 4 is 11.5 Å². The fourth-order valence-electron chi connectivity index (χ4n) is 3.14. The van der Waals surface area contributed by atoms with Crippen molar-refractivity contribution in [3.8, 4) is 6.07 Å². The first-order valence-corrected chi connectivity index (χ1v) is 8.05. The smallest absolute Gasteiger partial charge is 0.105 e. The minimum Gasteiger partial charge on any atom is -0.356 e. The van der Waals surface area contributed by atoms with Crippen LogP contribution in [0.3, 0.4) is 0 Å². The van der Waals surface area contributed by atoms with E-state index in [1.54, 1.807) is 0 Å². The zero-order valence-corrected chi connectivity index (χ0v) is 13.7. The average molecular weight is 303 g/mol. The van der Waals surface area contributed by atoms with Gasteiger partial charge >= 0.3 is 0 Å². The average Bonchev–Trinajstić information content (AvgIpc) is 2.97. The molecule has 2 aromatic carbocycles. The molecule has 0 amide bonds. The van der Waals surface area contributed by atoms with E-state index < -0.39 is 0 Å². The number of nitrogens with zero attached hydrogens (tertiary/aromatic N) is 3. The lowest BCUT2D eigenvalue weighted by molar-refractivity contribution is 0.448. The zero-order valence-electron chi connectivity index (χ0n) is 13.7. The fourth-order valence-corrected chi connectivity index (χ4v) is 3.14. The molecule has 1 aliphatic rings. The van der Waals surface area contributed by atoms with Gasteiger partial charge in [0.05, 0.1) is 11.3 Å². The monoisotopic (exact) mass is 303 g/mol. The molecular formula is C20H21N3. The number of aryl methyl sites for hydroxylation is 2.